The molecule has 1 N–H and O–H groups in total. The van der Waals surface area contributed by atoms with E-state index in [1.807, 2.05) is 0 Å². The van der Waals surface area contributed by atoms with E-state index in [1.165, 1.54) is 12.8 Å². The van der Waals surface area contributed by atoms with Gasteiger partial charge in [-0.25, -0.2) is 0 Å². The highest BCUT2D eigenvalue weighted by Crippen LogP contribution is 2.38. The molecule has 1 aromatic heterocycles. The zero-order valence-corrected chi connectivity index (χ0v) is 16.8. The molecule has 0 radical (unpaired) electrons. The van der Waals surface area contributed by atoms with Gasteiger partial charge in [0.25, 0.3) is 0 Å². The summed E-state index contributed by atoms with van der Waals surface area (Å²) < 4.78 is 16.0. The van der Waals surface area contributed by atoms with Crippen molar-refractivity contribution in [3.8, 4) is 22.9 Å². The Balaban J connectivity index is 0.00000243. The van der Waals surface area contributed by atoms with Gasteiger partial charge in [0.1, 0.15) is 0 Å². The molecule has 1 saturated heterocycles. The number of nitrogens with zero attached hydrogens (tertiary/aromatic N) is 2. The Morgan fingerprint density at radius 2 is 2.15 bits per heavy atom. The molecule has 8 heteroatoms. The summed E-state index contributed by atoms with van der Waals surface area (Å²) >= 11 is 6.26. The first kappa shape index (κ1) is 20.8. The smallest absolute Gasteiger partial charge is 0.227 e. The second-order valence-corrected chi connectivity index (χ2v) is 6.90. The zero-order valence-electron chi connectivity index (χ0n) is 15.3. The molecular formula is C18H25Cl2N3O3. The van der Waals surface area contributed by atoms with Crippen molar-refractivity contribution in [2.75, 3.05) is 27.3 Å². The summed E-state index contributed by atoms with van der Waals surface area (Å²) in [4.78, 5) is 4.53. The topological polar surface area (TPSA) is 69.4 Å². The van der Waals surface area contributed by atoms with E-state index < -0.39 is 0 Å². The minimum atomic E-state index is 0. The minimum Gasteiger partial charge on any atom is -0.493 e. The lowest BCUT2D eigenvalue weighted by molar-refractivity contribution is 0.257. The summed E-state index contributed by atoms with van der Waals surface area (Å²) in [7, 11) is 3.12. The Morgan fingerprint density at radius 1 is 1.35 bits per heavy atom. The summed E-state index contributed by atoms with van der Waals surface area (Å²) in [6.45, 7) is 4.43. The number of hydrogen-bond acceptors (Lipinski definition) is 6. The van der Waals surface area contributed by atoms with Crippen LogP contribution in [0.5, 0.6) is 11.5 Å². The van der Waals surface area contributed by atoms with Crippen LogP contribution in [0.3, 0.4) is 0 Å². The van der Waals surface area contributed by atoms with Gasteiger partial charge in [-0.1, -0.05) is 23.7 Å². The second kappa shape index (κ2) is 9.44. The molecule has 2 heterocycles. The summed E-state index contributed by atoms with van der Waals surface area (Å²) in [5.74, 6) is 3.34. The molecule has 2 atom stereocenters. The molecule has 3 rings (SSSR count). The van der Waals surface area contributed by atoms with E-state index in [-0.39, 0.29) is 12.4 Å². The van der Waals surface area contributed by atoms with Crippen LogP contribution in [0.4, 0.5) is 0 Å². The van der Waals surface area contributed by atoms with Gasteiger partial charge in [0.05, 0.1) is 19.2 Å². The Morgan fingerprint density at radius 3 is 2.81 bits per heavy atom. The number of ether oxygens (including phenoxy) is 2. The third-order valence-corrected chi connectivity index (χ3v) is 5.08. The normalized spacial score (nSPS) is 18.1. The number of aromatic nitrogens is 2. The number of methoxy groups -OCH3 is 2. The molecule has 6 nitrogen and oxygen atoms in total. The molecule has 0 aliphatic carbocycles. The van der Waals surface area contributed by atoms with Crippen molar-refractivity contribution in [1.29, 1.82) is 0 Å². The van der Waals surface area contributed by atoms with Gasteiger partial charge in [0, 0.05) is 12.0 Å². The van der Waals surface area contributed by atoms with E-state index in [2.05, 4.69) is 22.4 Å². The van der Waals surface area contributed by atoms with Crippen molar-refractivity contribution in [3.05, 3.63) is 23.0 Å². The maximum Gasteiger partial charge on any atom is 0.227 e. The Bertz CT molecular complexity index is 718. The van der Waals surface area contributed by atoms with Crippen molar-refractivity contribution in [2.24, 2.45) is 11.8 Å². The van der Waals surface area contributed by atoms with E-state index in [0.29, 0.717) is 40.1 Å². The highest BCUT2D eigenvalue weighted by molar-refractivity contribution is 6.32. The standard InChI is InChI=1S/C18H24ClN3O3.ClH/c1-11(12-5-4-6-20-10-12)7-16-21-18(22-25-16)13-8-14(19)17(24-3)15(9-13)23-2;/h8-9,11-12,20H,4-7,10H2,1-3H3;1H. The SMILES string of the molecule is COc1cc(-c2noc(CC(C)C3CCCNC3)n2)cc(Cl)c1OC.Cl. The van der Waals surface area contributed by atoms with E-state index in [4.69, 9.17) is 25.6 Å². The fraction of sp³-hybridized carbons (Fsp3) is 0.556. The van der Waals surface area contributed by atoms with Gasteiger partial charge < -0.3 is 19.3 Å². The van der Waals surface area contributed by atoms with Crippen molar-refractivity contribution >= 4 is 24.0 Å². The van der Waals surface area contributed by atoms with E-state index in [1.54, 1.807) is 26.4 Å². The summed E-state index contributed by atoms with van der Waals surface area (Å²) in [6, 6.07) is 3.56. The number of nitrogens with one attached hydrogen (secondary N) is 1. The fourth-order valence-electron chi connectivity index (χ4n) is 3.31. The fourth-order valence-corrected chi connectivity index (χ4v) is 3.60. The van der Waals surface area contributed by atoms with Crippen LogP contribution in [-0.2, 0) is 6.42 Å². The maximum absolute atomic E-state index is 6.26. The minimum absolute atomic E-state index is 0. The number of rotatable bonds is 6. The molecule has 2 unspecified atom stereocenters. The average Bonchev–Trinajstić information content (AvgIpc) is 3.10. The van der Waals surface area contributed by atoms with Crippen LogP contribution in [-0.4, -0.2) is 37.4 Å². The lowest BCUT2D eigenvalue weighted by Gasteiger charge is -2.27. The third-order valence-electron chi connectivity index (χ3n) is 4.80. The van der Waals surface area contributed by atoms with Gasteiger partial charge in [-0.15, -0.1) is 12.4 Å². The van der Waals surface area contributed by atoms with E-state index >= 15 is 0 Å². The molecule has 2 aromatic rings. The quantitative estimate of drug-likeness (QED) is 0.788. The predicted molar refractivity (Wildman–Crippen MR) is 104 cm³/mol. The largest absolute Gasteiger partial charge is 0.493 e. The van der Waals surface area contributed by atoms with Gasteiger partial charge in [0.2, 0.25) is 11.7 Å². The van der Waals surface area contributed by atoms with Gasteiger partial charge in [-0.05, 0) is 49.9 Å². The lowest BCUT2D eigenvalue weighted by Crippen LogP contribution is -2.33. The van der Waals surface area contributed by atoms with E-state index in [9.17, 15) is 0 Å². The highest BCUT2D eigenvalue weighted by Gasteiger charge is 2.23. The molecule has 0 bridgehead atoms. The molecule has 26 heavy (non-hydrogen) atoms. The number of piperidine rings is 1. The first-order valence-electron chi connectivity index (χ1n) is 8.57. The highest BCUT2D eigenvalue weighted by atomic mass is 35.5. The van der Waals surface area contributed by atoms with Gasteiger partial charge in [-0.3, -0.25) is 0 Å². The molecular weight excluding hydrogens is 377 g/mol. The molecule has 1 fully saturated rings. The molecule has 1 aliphatic rings. The van der Waals surface area contributed by atoms with Gasteiger partial charge in [-0.2, -0.15) is 4.98 Å². The number of benzene rings is 1. The summed E-state index contributed by atoms with van der Waals surface area (Å²) in [6.07, 6.45) is 3.26. The number of halogens is 2. The van der Waals surface area contributed by atoms with Crippen LogP contribution in [0.15, 0.2) is 16.7 Å². The zero-order chi connectivity index (χ0) is 17.8. The van der Waals surface area contributed by atoms with Crippen LogP contribution >= 0.6 is 24.0 Å². The Kier molecular flexibility index (Phi) is 7.55. The van der Waals surface area contributed by atoms with Crippen LogP contribution in [0, 0.1) is 11.8 Å². The van der Waals surface area contributed by atoms with Crippen LogP contribution in [0.1, 0.15) is 25.7 Å². The van der Waals surface area contributed by atoms with E-state index in [0.717, 1.165) is 25.1 Å². The van der Waals surface area contributed by atoms with Crippen molar-refractivity contribution in [1.82, 2.24) is 15.5 Å². The number of hydrogen-bond donors (Lipinski definition) is 1. The lowest BCUT2D eigenvalue weighted by atomic mass is 9.85. The second-order valence-electron chi connectivity index (χ2n) is 6.49. The first-order chi connectivity index (χ1) is 12.1. The van der Waals surface area contributed by atoms with Crippen LogP contribution in [0.25, 0.3) is 11.4 Å². The Labute approximate surface area is 165 Å². The average molecular weight is 402 g/mol. The molecule has 1 aromatic carbocycles. The molecule has 1 aliphatic heterocycles. The predicted octanol–water partition coefficient (Wildman–Crippen LogP) is 4.01. The monoisotopic (exact) mass is 401 g/mol. The first-order valence-corrected chi connectivity index (χ1v) is 8.95. The van der Waals surface area contributed by atoms with Gasteiger partial charge in [0.15, 0.2) is 11.5 Å². The molecule has 0 saturated carbocycles. The molecule has 0 spiro atoms. The summed E-state index contributed by atoms with van der Waals surface area (Å²) in [5, 5.41) is 8.00. The molecule has 144 valence electrons. The van der Waals surface area contributed by atoms with Crippen LogP contribution in [0.2, 0.25) is 5.02 Å². The van der Waals surface area contributed by atoms with Crippen LogP contribution < -0.4 is 14.8 Å². The van der Waals surface area contributed by atoms with Crippen molar-refractivity contribution in [2.45, 2.75) is 26.2 Å². The van der Waals surface area contributed by atoms with Crippen molar-refractivity contribution < 1.29 is 14.0 Å². The molecule has 0 amide bonds. The Hall–Kier alpha value is -1.50. The van der Waals surface area contributed by atoms with Gasteiger partial charge >= 0.3 is 0 Å². The summed E-state index contributed by atoms with van der Waals surface area (Å²) in [5.41, 5.74) is 0.740. The maximum atomic E-state index is 6.26. The third kappa shape index (κ3) is 4.61. The van der Waals surface area contributed by atoms with Crippen molar-refractivity contribution in [3.63, 3.8) is 0 Å².